The van der Waals surface area contributed by atoms with Crippen LogP contribution < -0.4 is 5.32 Å². The first-order chi connectivity index (χ1) is 13.1. The predicted octanol–water partition coefficient (Wildman–Crippen LogP) is 2.32. The van der Waals surface area contributed by atoms with Crippen LogP contribution in [0.5, 0.6) is 0 Å². The van der Waals surface area contributed by atoms with Crippen molar-refractivity contribution in [3.8, 4) is 0 Å². The molecular weight excluding hydrogens is 344 g/mol. The molecule has 0 saturated carbocycles. The van der Waals surface area contributed by atoms with Crippen LogP contribution in [0, 0.1) is 0 Å². The highest BCUT2D eigenvalue weighted by Crippen LogP contribution is 2.06. The number of carbonyl (C=O) groups excluding carboxylic acids is 1. The van der Waals surface area contributed by atoms with Crippen LogP contribution in [-0.4, -0.2) is 52.9 Å². The van der Waals surface area contributed by atoms with Gasteiger partial charge in [0, 0.05) is 26.1 Å². The van der Waals surface area contributed by atoms with E-state index in [9.17, 15) is 14.7 Å². The van der Waals surface area contributed by atoms with Gasteiger partial charge in [-0.15, -0.1) is 0 Å². The smallest absolute Gasteiger partial charge is 0.326 e. The Morgan fingerprint density at radius 1 is 0.926 bits per heavy atom. The van der Waals surface area contributed by atoms with E-state index >= 15 is 0 Å². The lowest BCUT2D eigenvalue weighted by atomic mass is 10.1. The highest BCUT2D eigenvalue weighted by Gasteiger charge is 2.23. The molecule has 6 heteroatoms. The Labute approximate surface area is 159 Å². The number of hydrogen-bond acceptors (Lipinski definition) is 3. The number of benzene rings is 2. The Bertz CT molecular complexity index is 707. The first-order valence-corrected chi connectivity index (χ1v) is 9.07. The van der Waals surface area contributed by atoms with Crippen molar-refractivity contribution in [3.05, 3.63) is 71.8 Å². The minimum absolute atomic E-state index is 0.0263. The number of hydrogen-bond donors (Lipinski definition) is 3. The van der Waals surface area contributed by atoms with E-state index in [-0.39, 0.29) is 13.0 Å². The maximum absolute atomic E-state index is 12.6. The quantitative estimate of drug-likeness (QED) is 0.599. The van der Waals surface area contributed by atoms with Gasteiger partial charge in [-0.3, -0.25) is 0 Å². The van der Waals surface area contributed by atoms with E-state index < -0.39 is 18.0 Å². The maximum Gasteiger partial charge on any atom is 0.326 e. The van der Waals surface area contributed by atoms with Crippen molar-refractivity contribution in [3.63, 3.8) is 0 Å². The van der Waals surface area contributed by atoms with Crippen LogP contribution in [0.25, 0.3) is 0 Å². The standard InChI is InChI=1S/C21H26N2O4/c24-15-7-13-23(14-12-17-8-3-1-4-9-17)21(27)22-19(20(25)26)16-18-10-5-2-6-11-18/h1-6,8-11,19,24H,7,12-16H2,(H,22,27)(H,25,26)/t19-/m0/s1. The van der Waals surface area contributed by atoms with Crippen LogP contribution in [0.2, 0.25) is 0 Å². The molecule has 0 spiro atoms. The van der Waals surface area contributed by atoms with Gasteiger partial charge >= 0.3 is 12.0 Å². The van der Waals surface area contributed by atoms with Gasteiger partial charge in [0.1, 0.15) is 6.04 Å². The van der Waals surface area contributed by atoms with Gasteiger partial charge in [-0.05, 0) is 24.0 Å². The van der Waals surface area contributed by atoms with Crippen LogP contribution in [0.15, 0.2) is 60.7 Å². The van der Waals surface area contributed by atoms with E-state index in [1.54, 1.807) is 4.90 Å². The maximum atomic E-state index is 12.6. The normalized spacial score (nSPS) is 11.6. The molecule has 3 N–H and O–H groups in total. The molecule has 27 heavy (non-hydrogen) atoms. The summed E-state index contributed by atoms with van der Waals surface area (Å²) in [6.45, 7) is 0.794. The summed E-state index contributed by atoms with van der Waals surface area (Å²) < 4.78 is 0. The lowest BCUT2D eigenvalue weighted by molar-refractivity contribution is -0.139. The first-order valence-electron chi connectivity index (χ1n) is 9.07. The molecule has 0 heterocycles. The lowest BCUT2D eigenvalue weighted by Gasteiger charge is -2.25. The Kier molecular flexibility index (Phi) is 8.32. The Morgan fingerprint density at radius 2 is 1.52 bits per heavy atom. The van der Waals surface area contributed by atoms with Gasteiger partial charge in [-0.1, -0.05) is 60.7 Å². The van der Waals surface area contributed by atoms with Gasteiger partial charge in [-0.25, -0.2) is 9.59 Å². The Morgan fingerprint density at radius 3 is 2.07 bits per heavy atom. The van der Waals surface area contributed by atoms with Gasteiger partial charge < -0.3 is 20.4 Å². The molecular formula is C21H26N2O4. The molecule has 144 valence electrons. The Balaban J connectivity index is 1.99. The third-order valence-electron chi connectivity index (χ3n) is 4.27. The van der Waals surface area contributed by atoms with Crippen LogP contribution in [0.4, 0.5) is 4.79 Å². The first kappa shape index (κ1) is 20.5. The van der Waals surface area contributed by atoms with Gasteiger partial charge in [-0.2, -0.15) is 0 Å². The zero-order chi connectivity index (χ0) is 19.5. The summed E-state index contributed by atoms with van der Waals surface area (Å²) in [4.78, 5) is 25.8. The number of nitrogens with zero attached hydrogens (tertiary/aromatic N) is 1. The molecule has 2 aromatic carbocycles. The number of amides is 2. The van der Waals surface area contributed by atoms with Crippen LogP contribution in [-0.2, 0) is 17.6 Å². The van der Waals surface area contributed by atoms with Gasteiger partial charge in [0.05, 0.1) is 0 Å². The molecule has 0 fully saturated rings. The second-order valence-electron chi connectivity index (χ2n) is 6.33. The molecule has 0 aromatic heterocycles. The molecule has 0 aliphatic carbocycles. The van der Waals surface area contributed by atoms with E-state index in [2.05, 4.69) is 5.32 Å². The molecule has 0 aliphatic heterocycles. The SMILES string of the molecule is O=C(O)[C@H](Cc1ccccc1)NC(=O)N(CCCO)CCc1ccccc1. The zero-order valence-electron chi connectivity index (χ0n) is 15.3. The van der Waals surface area contributed by atoms with Crippen LogP contribution in [0.1, 0.15) is 17.5 Å². The van der Waals surface area contributed by atoms with Crippen LogP contribution >= 0.6 is 0 Å². The minimum Gasteiger partial charge on any atom is -0.480 e. The molecule has 2 rings (SSSR count). The fourth-order valence-electron chi connectivity index (χ4n) is 2.78. The van der Waals surface area contributed by atoms with Crippen molar-refractivity contribution in [2.24, 2.45) is 0 Å². The molecule has 0 radical (unpaired) electrons. The molecule has 2 amide bonds. The summed E-state index contributed by atoms with van der Waals surface area (Å²) in [6, 6.07) is 17.5. The minimum atomic E-state index is -1.07. The van der Waals surface area contributed by atoms with Crippen molar-refractivity contribution in [2.45, 2.75) is 25.3 Å². The predicted molar refractivity (Wildman–Crippen MR) is 104 cm³/mol. The fourth-order valence-corrected chi connectivity index (χ4v) is 2.78. The van der Waals surface area contributed by atoms with E-state index in [1.807, 2.05) is 60.7 Å². The van der Waals surface area contributed by atoms with E-state index in [4.69, 9.17) is 5.11 Å². The zero-order valence-corrected chi connectivity index (χ0v) is 15.3. The highest BCUT2D eigenvalue weighted by atomic mass is 16.4. The molecule has 0 bridgehead atoms. The summed E-state index contributed by atoms with van der Waals surface area (Å²) in [7, 11) is 0. The number of nitrogens with one attached hydrogen (secondary N) is 1. The van der Waals surface area contributed by atoms with Gasteiger partial charge in [0.15, 0.2) is 0 Å². The number of rotatable bonds is 10. The highest BCUT2D eigenvalue weighted by molar-refractivity contribution is 5.82. The third kappa shape index (κ3) is 7.11. The summed E-state index contributed by atoms with van der Waals surface area (Å²) >= 11 is 0. The largest absolute Gasteiger partial charge is 0.480 e. The number of carbonyl (C=O) groups is 2. The molecule has 0 saturated heterocycles. The number of carboxylic acid groups (broad SMARTS) is 1. The summed E-state index contributed by atoms with van der Waals surface area (Å²) in [5, 5.41) is 21.2. The average molecular weight is 370 g/mol. The number of aliphatic hydroxyl groups is 1. The van der Waals surface area contributed by atoms with E-state index in [0.717, 1.165) is 11.1 Å². The average Bonchev–Trinajstić information content (AvgIpc) is 2.69. The summed E-state index contributed by atoms with van der Waals surface area (Å²) in [6.07, 6.45) is 1.32. The fraction of sp³-hybridized carbons (Fsp3) is 0.333. The van der Waals surface area contributed by atoms with Crippen LogP contribution in [0.3, 0.4) is 0 Å². The third-order valence-corrected chi connectivity index (χ3v) is 4.27. The molecule has 0 unspecified atom stereocenters. The topological polar surface area (TPSA) is 89.9 Å². The number of aliphatic carboxylic acids is 1. The van der Waals surface area contributed by atoms with Crippen molar-refractivity contribution in [1.29, 1.82) is 0 Å². The van der Waals surface area contributed by atoms with Crippen molar-refractivity contribution < 1.29 is 19.8 Å². The van der Waals surface area contributed by atoms with E-state index in [0.29, 0.717) is 25.9 Å². The number of aliphatic hydroxyl groups excluding tert-OH is 1. The van der Waals surface area contributed by atoms with E-state index in [1.165, 1.54) is 0 Å². The summed E-state index contributed by atoms with van der Waals surface area (Å²) in [5.41, 5.74) is 1.94. The van der Waals surface area contributed by atoms with Gasteiger partial charge in [0.2, 0.25) is 0 Å². The second kappa shape index (κ2) is 11.0. The van der Waals surface area contributed by atoms with Crippen molar-refractivity contribution >= 4 is 12.0 Å². The van der Waals surface area contributed by atoms with Crippen molar-refractivity contribution in [2.75, 3.05) is 19.7 Å². The monoisotopic (exact) mass is 370 g/mol. The van der Waals surface area contributed by atoms with Crippen molar-refractivity contribution in [1.82, 2.24) is 10.2 Å². The second-order valence-corrected chi connectivity index (χ2v) is 6.33. The number of carboxylic acids is 1. The molecule has 6 nitrogen and oxygen atoms in total. The van der Waals surface area contributed by atoms with Gasteiger partial charge in [0.25, 0.3) is 0 Å². The lowest BCUT2D eigenvalue weighted by Crippen LogP contribution is -2.49. The number of urea groups is 1. The summed E-state index contributed by atoms with van der Waals surface area (Å²) in [5.74, 6) is -1.07. The molecule has 2 aromatic rings. The Hall–Kier alpha value is -2.86. The molecule has 1 atom stereocenters. The molecule has 0 aliphatic rings.